The maximum absolute atomic E-state index is 12.7. The number of fused-ring (bicyclic) bond motifs is 2. The third kappa shape index (κ3) is 5.70. The van der Waals surface area contributed by atoms with E-state index in [1.807, 2.05) is 63.2 Å². The predicted molar refractivity (Wildman–Crippen MR) is 154 cm³/mol. The molecule has 0 fully saturated rings. The lowest BCUT2D eigenvalue weighted by Gasteiger charge is -2.09. The number of thioether (sulfide) groups is 1. The van der Waals surface area contributed by atoms with E-state index < -0.39 is 0 Å². The average molecular weight is 529 g/mol. The van der Waals surface area contributed by atoms with Crippen molar-refractivity contribution in [2.45, 2.75) is 32.2 Å². The fraction of sp³-hybridized carbons (Fsp3) is 0.207. The number of rotatable bonds is 8. The Bertz CT molecular complexity index is 1620. The van der Waals surface area contributed by atoms with Gasteiger partial charge in [-0.15, -0.1) is 11.8 Å². The molecular weight excluding hydrogens is 500 g/mol. The Morgan fingerprint density at radius 2 is 1.84 bits per heavy atom. The lowest BCUT2D eigenvalue weighted by atomic mass is 10.1. The lowest BCUT2D eigenvalue weighted by molar-refractivity contribution is -0.113. The van der Waals surface area contributed by atoms with Crippen LogP contribution in [0.4, 0.5) is 5.13 Å². The highest BCUT2D eigenvalue weighted by Gasteiger charge is 2.13. The summed E-state index contributed by atoms with van der Waals surface area (Å²) in [6.45, 7) is 7.23. The Morgan fingerprint density at radius 3 is 2.68 bits per heavy atom. The first-order valence-electron chi connectivity index (χ1n) is 12.1. The Balaban J connectivity index is 1.21. The third-order valence-electron chi connectivity index (χ3n) is 6.31. The van der Waals surface area contributed by atoms with E-state index in [1.54, 1.807) is 0 Å². The van der Waals surface area contributed by atoms with Gasteiger partial charge in [0.2, 0.25) is 5.91 Å². The summed E-state index contributed by atoms with van der Waals surface area (Å²) in [5.74, 6) is 0.126. The molecule has 0 aliphatic heterocycles. The molecule has 2 heterocycles. The Kier molecular flexibility index (Phi) is 7.30. The molecule has 0 spiro atoms. The minimum absolute atomic E-state index is 0.0733. The molecular formula is C29H28N4O2S2. The zero-order valence-corrected chi connectivity index (χ0v) is 22.6. The second kappa shape index (κ2) is 10.8. The van der Waals surface area contributed by atoms with E-state index in [0.717, 1.165) is 31.6 Å². The van der Waals surface area contributed by atoms with Crippen LogP contribution < -0.4 is 10.6 Å². The molecule has 0 atom stereocenters. The third-order valence-corrected chi connectivity index (χ3v) is 8.28. The fourth-order valence-electron chi connectivity index (χ4n) is 4.17. The van der Waals surface area contributed by atoms with Crippen LogP contribution in [0, 0.1) is 20.8 Å². The van der Waals surface area contributed by atoms with Crippen LogP contribution in [0.5, 0.6) is 0 Å². The van der Waals surface area contributed by atoms with Crippen LogP contribution in [0.3, 0.4) is 0 Å². The average Bonchev–Trinajstić information content (AvgIpc) is 3.44. The highest BCUT2D eigenvalue weighted by Crippen LogP contribution is 2.31. The predicted octanol–water partition coefficient (Wildman–Crippen LogP) is 6.34. The number of nitrogens with one attached hydrogen (secondary N) is 2. The van der Waals surface area contributed by atoms with E-state index in [-0.39, 0.29) is 17.6 Å². The fourth-order valence-corrected chi connectivity index (χ4v) is 6.04. The van der Waals surface area contributed by atoms with Gasteiger partial charge in [0.15, 0.2) is 5.13 Å². The normalized spacial score (nSPS) is 11.2. The molecule has 0 unspecified atom stereocenters. The first-order valence-corrected chi connectivity index (χ1v) is 13.9. The molecule has 0 bridgehead atoms. The summed E-state index contributed by atoms with van der Waals surface area (Å²) in [6.07, 6.45) is 2.06. The SMILES string of the molecule is Cc1ccc2nc(NC(=O)CSc3cn(CCNC(=O)c4ccc(C)c(C)c4)c4ccccc34)sc2c1. The number of para-hydroxylation sites is 1. The smallest absolute Gasteiger partial charge is 0.251 e. The molecule has 8 heteroatoms. The summed E-state index contributed by atoms with van der Waals surface area (Å²) in [5.41, 5.74) is 6.09. The van der Waals surface area contributed by atoms with Crippen LogP contribution >= 0.6 is 23.1 Å². The number of thiazole rings is 1. The summed E-state index contributed by atoms with van der Waals surface area (Å²) < 4.78 is 3.20. The highest BCUT2D eigenvalue weighted by atomic mass is 32.2. The van der Waals surface area contributed by atoms with E-state index >= 15 is 0 Å². The van der Waals surface area contributed by atoms with Gasteiger partial charge in [-0.2, -0.15) is 0 Å². The lowest BCUT2D eigenvalue weighted by Crippen LogP contribution is -2.27. The van der Waals surface area contributed by atoms with Crippen molar-refractivity contribution in [1.29, 1.82) is 0 Å². The van der Waals surface area contributed by atoms with Crippen molar-refractivity contribution in [3.8, 4) is 0 Å². The molecule has 188 valence electrons. The number of aromatic nitrogens is 2. The second-order valence-corrected chi connectivity index (χ2v) is 11.1. The van der Waals surface area contributed by atoms with Crippen molar-refractivity contribution >= 4 is 61.2 Å². The number of anilines is 1. The van der Waals surface area contributed by atoms with Gasteiger partial charge >= 0.3 is 0 Å². The molecule has 2 aromatic heterocycles. The number of carbonyl (C=O) groups is 2. The maximum Gasteiger partial charge on any atom is 0.251 e. The number of hydrogen-bond acceptors (Lipinski definition) is 5. The van der Waals surface area contributed by atoms with Gasteiger partial charge in [-0.05, 0) is 67.8 Å². The molecule has 6 nitrogen and oxygen atoms in total. The highest BCUT2D eigenvalue weighted by molar-refractivity contribution is 8.00. The van der Waals surface area contributed by atoms with Gasteiger partial charge in [0, 0.05) is 40.6 Å². The molecule has 2 N–H and O–H groups in total. The Labute approximate surface area is 224 Å². The first-order chi connectivity index (χ1) is 17.9. The van der Waals surface area contributed by atoms with E-state index in [9.17, 15) is 9.59 Å². The van der Waals surface area contributed by atoms with Gasteiger partial charge in [0.25, 0.3) is 5.91 Å². The van der Waals surface area contributed by atoms with Gasteiger partial charge in [0.1, 0.15) is 0 Å². The second-order valence-electron chi connectivity index (χ2n) is 9.09. The molecule has 0 saturated carbocycles. The topological polar surface area (TPSA) is 76.0 Å². The molecule has 37 heavy (non-hydrogen) atoms. The number of carbonyl (C=O) groups excluding carboxylic acids is 2. The molecule has 5 rings (SSSR count). The summed E-state index contributed by atoms with van der Waals surface area (Å²) >= 11 is 2.99. The van der Waals surface area contributed by atoms with Gasteiger partial charge in [-0.25, -0.2) is 4.98 Å². The van der Waals surface area contributed by atoms with Crippen molar-refractivity contribution < 1.29 is 9.59 Å². The minimum Gasteiger partial charge on any atom is -0.350 e. The van der Waals surface area contributed by atoms with Crippen LogP contribution in [0.15, 0.2) is 71.8 Å². The molecule has 3 aromatic carbocycles. The van der Waals surface area contributed by atoms with Crippen molar-refractivity contribution in [2.24, 2.45) is 0 Å². The van der Waals surface area contributed by atoms with Gasteiger partial charge < -0.3 is 15.2 Å². The quantitative estimate of drug-likeness (QED) is 0.231. The summed E-state index contributed by atoms with van der Waals surface area (Å²) in [4.78, 5) is 30.8. The monoisotopic (exact) mass is 528 g/mol. The first kappa shape index (κ1) is 25.0. The van der Waals surface area contributed by atoms with Crippen LogP contribution in [-0.2, 0) is 11.3 Å². The summed E-state index contributed by atoms with van der Waals surface area (Å²) in [7, 11) is 0. The van der Waals surface area contributed by atoms with E-state index in [4.69, 9.17) is 0 Å². The standard InChI is InChI=1S/C29H28N4O2S2/c1-18-8-11-23-25(14-18)37-29(31-23)32-27(34)17-36-26-16-33(24-7-5-4-6-22(24)26)13-12-30-28(35)21-10-9-19(2)20(3)15-21/h4-11,14-16H,12-13,17H2,1-3H3,(H,30,35)(H,31,32,34). The number of benzene rings is 3. The van der Waals surface area contributed by atoms with Crippen molar-refractivity contribution in [3.05, 3.63) is 89.1 Å². The van der Waals surface area contributed by atoms with Crippen LogP contribution in [-0.4, -0.2) is 33.7 Å². The largest absolute Gasteiger partial charge is 0.350 e. The van der Waals surface area contributed by atoms with E-state index in [0.29, 0.717) is 23.8 Å². The summed E-state index contributed by atoms with van der Waals surface area (Å²) in [5, 5.41) is 7.67. The minimum atomic E-state index is -0.0849. The van der Waals surface area contributed by atoms with Gasteiger partial charge in [-0.1, -0.05) is 41.7 Å². The number of nitrogens with zero attached hydrogens (tertiary/aromatic N) is 2. The van der Waals surface area contributed by atoms with Gasteiger partial charge in [0.05, 0.1) is 16.0 Å². The molecule has 2 amide bonds. The molecule has 5 aromatic rings. The Hall–Kier alpha value is -3.62. The zero-order valence-electron chi connectivity index (χ0n) is 21.0. The number of hydrogen-bond donors (Lipinski definition) is 2. The van der Waals surface area contributed by atoms with E-state index in [1.165, 1.54) is 34.2 Å². The van der Waals surface area contributed by atoms with Crippen molar-refractivity contribution in [2.75, 3.05) is 17.6 Å². The molecule has 0 aliphatic carbocycles. The van der Waals surface area contributed by atoms with Crippen molar-refractivity contribution in [3.63, 3.8) is 0 Å². The number of amides is 2. The maximum atomic E-state index is 12.7. The summed E-state index contributed by atoms with van der Waals surface area (Å²) in [6, 6.07) is 20.0. The zero-order chi connectivity index (χ0) is 25.9. The van der Waals surface area contributed by atoms with Crippen LogP contribution in [0.25, 0.3) is 21.1 Å². The van der Waals surface area contributed by atoms with Crippen molar-refractivity contribution in [1.82, 2.24) is 14.9 Å². The molecule has 0 saturated heterocycles. The van der Waals surface area contributed by atoms with Crippen LogP contribution in [0.1, 0.15) is 27.0 Å². The van der Waals surface area contributed by atoms with Gasteiger partial charge in [-0.3, -0.25) is 9.59 Å². The molecule has 0 aliphatic rings. The van der Waals surface area contributed by atoms with E-state index in [2.05, 4.69) is 44.6 Å². The number of aryl methyl sites for hydroxylation is 3. The van der Waals surface area contributed by atoms with Crippen LogP contribution in [0.2, 0.25) is 0 Å². The molecule has 0 radical (unpaired) electrons. The Morgan fingerprint density at radius 1 is 1.00 bits per heavy atom.